The van der Waals surface area contributed by atoms with Crippen LogP contribution in [0, 0.1) is 0 Å². The highest BCUT2D eigenvalue weighted by molar-refractivity contribution is 7.80. The molecule has 0 bridgehead atoms. The number of hydrogen-bond donors (Lipinski definition) is 1. The molecular formula is C20H28N4OS. The Kier molecular flexibility index (Phi) is 5.63. The average molecular weight is 373 g/mol. The van der Waals surface area contributed by atoms with Gasteiger partial charge in [-0.15, -0.1) is 0 Å². The molecule has 0 saturated carbocycles. The normalized spacial score (nSPS) is 20.5. The number of nitrogens with one attached hydrogen (secondary N) is 1. The average Bonchev–Trinajstić information content (AvgIpc) is 3.21. The third-order valence-electron chi connectivity index (χ3n) is 4.78. The first kappa shape index (κ1) is 18.9. The third-order valence-corrected chi connectivity index (χ3v) is 5.13. The summed E-state index contributed by atoms with van der Waals surface area (Å²) in [6, 6.07) is 8.40. The lowest BCUT2D eigenvalue weighted by molar-refractivity contribution is 0.180. The van der Waals surface area contributed by atoms with Crippen molar-refractivity contribution in [2.75, 3.05) is 20.3 Å². The Morgan fingerprint density at radius 2 is 2.08 bits per heavy atom. The van der Waals surface area contributed by atoms with E-state index in [-0.39, 0.29) is 17.6 Å². The molecule has 1 N–H and O–H groups in total. The van der Waals surface area contributed by atoms with Crippen LogP contribution in [0.5, 0.6) is 0 Å². The van der Waals surface area contributed by atoms with Gasteiger partial charge in [0.2, 0.25) is 0 Å². The molecule has 3 rings (SSSR count). The van der Waals surface area contributed by atoms with Gasteiger partial charge in [0.15, 0.2) is 5.11 Å². The summed E-state index contributed by atoms with van der Waals surface area (Å²) in [5, 5.41) is 4.27. The Labute approximate surface area is 161 Å². The lowest BCUT2D eigenvalue weighted by Gasteiger charge is -2.27. The van der Waals surface area contributed by atoms with Gasteiger partial charge in [-0.1, -0.05) is 6.07 Å². The van der Waals surface area contributed by atoms with E-state index in [0.717, 1.165) is 30.4 Å². The first-order valence-electron chi connectivity index (χ1n) is 9.07. The summed E-state index contributed by atoms with van der Waals surface area (Å²) in [5.74, 6) is 0. The van der Waals surface area contributed by atoms with E-state index in [1.54, 1.807) is 7.11 Å². The summed E-state index contributed by atoms with van der Waals surface area (Å²) >= 11 is 5.66. The number of rotatable bonds is 6. The maximum absolute atomic E-state index is 5.66. The van der Waals surface area contributed by atoms with Crippen LogP contribution >= 0.6 is 12.2 Å². The Balaban J connectivity index is 1.95. The lowest BCUT2D eigenvalue weighted by atomic mass is 9.99. The number of hydrogen-bond acceptors (Lipinski definition) is 3. The molecule has 3 heterocycles. The van der Waals surface area contributed by atoms with Crippen LogP contribution in [0.1, 0.15) is 50.5 Å². The van der Waals surface area contributed by atoms with E-state index in [0.29, 0.717) is 0 Å². The van der Waals surface area contributed by atoms with Crippen LogP contribution in [0.3, 0.4) is 0 Å². The molecule has 2 atom stereocenters. The fraction of sp³-hybridized carbons (Fsp3) is 0.500. The van der Waals surface area contributed by atoms with Gasteiger partial charge in [0.1, 0.15) is 0 Å². The van der Waals surface area contributed by atoms with Crippen LogP contribution < -0.4 is 5.32 Å². The highest BCUT2D eigenvalue weighted by atomic mass is 32.1. The van der Waals surface area contributed by atoms with Crippen LogP contribution in [0.2, 0.25) is 0 Å². The van der Waals surface area contributed by atoms with Crippen LogP contribution in [-0.4, -0.2) is 39.8 Å². The van der Waals surface area contributed by atoms with Crippen LogP contribution in [0.4, 0.5) is 0 Å². The van der Waals surface area contributed by atoms with E-state index in [9.17, 15) is 0 Å². The lowest BCUT2D eigenvalue weighted by Crippen LogP contribution is -2.31. The maximum atomic E-state index is 5.66. The molecule has 2 aromatic rings. The minimum atomic E-state index is 0.0436. The summed E-state index contributed by atoms with van der Waals surface area (Å²) in [4.78, 5) is 6.85. The number of aromatic nitrogens is 2. The number of thiocarbonyl (C=S) groups is 1. The van der Waals surface area contributed by atoms with Crippen LogP contribution in [-0.2, 0) is 10.3 Å². The van der Waals surface area contributed by atoms with Gasteiger partial charge in [0.05, 0.1) is 17.8 Å². The minimum absolute atomic E-state index is 0.0436. The van der Waals surface area contributed by atoms with E-state index in [1.807, 2.05) is 18.3 Å². The van der Waals surface area contributed by atoms with E-state index < -0.39 is 0 Å². The zero-order valence-electron chi connectivity index (χ0n) is 16.0. The van der Waals surface area contributed by atoms with Crippen LogP contribution in [0.15, 0.2) is 42.9 Å². The molecule has 0 spiro atoms. The predicted octanol–water partition coefficient (Wildman–Crippen LogP) is 3.65. The predicted molar refractivity (Wildman–Crippen MR) is 108 cm³/mol. The second kappa shape index (κ2) is 7.76. The zero-order chi connectivity index (χ0) is 18.7. The number of methoxy groups -OCH3 is 1. The fourth-order valence-corrected chi connectivity index (χ4v) is 3.73. The van der Waals surface area contributed by atoms with Gasteiger partial charge < -0.3 is 19.5 Å². The summed E-state index contributed by atoms with van der Waals surface area (Å²) in [7, 11) is 1.73. The smallest absolute Gasteiger partial charge is 0.170 e. The molecule has 0 amide bonds. The summed E-state index contributed by atoms with van der Waals surface area (Å²) in [6.45, 7) is 8.21. The molecule has 1 aliphatic heterocycles. The fourth-order valence-electron chi connectivity index (χ4n) is 3.39. The molecule has 2 aromatic heterocycles. The molecular weight excluding hydrogens is 344 g/mol. The topological polar surface area (TPSA) is 42.3 Å². The maximum Gasteiger partial charge on any atom is 0.170 e. The van der Waals surface area contributed by atoms with Crippen molar-refractivity contribution < 1.29 is 4.74 Å². The van der Waals surface area contributed by atoms with Crippen molar-refractivity contribution in [3.8, 4) is 0 Å². The molecule has 26 heavy (non-hydrogen) atoms. The Morgan fingerprint density at radius 1 is 1.27 bits per heavy atom. The van der Waals surface area contributed by atoms with Gasteiger partial charge in [0, 0.05) is 44.4 Å². The Hall–Kier alpha value is -1.92. The van der Waals surface area contributed by atoms with Gasteiger partial charge >= 0.3 is 0 Å². The van der Waals surface area contributed by atoms with Crippen molar-refractivity contribution in [3.63, 3.8) is 0 Å². The molecule has 1 saturated heterocycles. The van der Waals surface area contributed by atoms with Gasteiger partial charge in [-0.05, 0) is 63.2 Å². The Bertz CT molecular complexity index is 738. The quantitative estimate of drug-likeness (QED) is 0.619. The van der Waals surface area contributed by atoms with Crippen molar-refractivity contribution in [2.45, 2.75) is 44.8 Å². The number of nitrogens with zero attached hydrogens (tertiary/aromatic N) is 3. The number of ether oxygens (including phenoxy) is 1. The van der Waals surface area contributed by atoms with Crippen molar-refractivity contribution in [3.05, 3.63) is 54.1 Å². The standard InChI is InChI=1S/C20H28N4OS/c1-20(2,3)23-12-9-15(14-23)18-17(16-8-5-6-10-21-16)22-19(26)24(18)11-7-13-25-4/h5-6,8-10,12,14,17-18H,7,11,13H2,1-4H3,(H,22,26)/t17-,18-/m0/s1. The van der Waals surface area contributed by atoms with Gasteiger partial charge in [-0.3, -0.25) is 4.98 Å². The van der Waals surface area contributed by atoms with Gasteiger partial charge in [-0.2, -0.15) is 0 Å². The molecule has 0 aliphatic carbocycles. The van der Waals surface area contributed by atoms with E-state index in [2.05, 4.69) is 65.1 Å². The molecule has 140 valence electrons. The highest BCUT2D eigenvalue weighted by Crippen LogP contribution is 2.39. The molecule has 1 aliphatic rings. The SMILES string of the molecule is COCCCN1C(=S)N[C@@H](c2ccccn2)[C@@H]1c1ccn(C(C)(C)C)c1. The highest BCUT2D eigenvalue weighted by Gasteiger charge is 2.40. The first-order chi connectivity index (χ1) is 12.4. The molecule has 0 aromatic carbocycles. The molecule has 1 fully saturated rings. The second-order valence-corrected chi connectivity index (χ2v) is 8.08. The minimum Gasteiger partial charge on any atom is -0.385 e. The van der Waals surface area contributed by atoms with E-state index in [1.165, 1.54) is 5.56 Å². The molecule has 6 heteroatoms. The number of pyridine rings is 1. The largest absolute Gasteiger partial charge is 0.385 e. The second-order valence-electron chi connectivity index (χ2n) is 7.69. The summed E-state index contributed by atoms with van der Waals surface area (Å²) < 4.78 is 7.49. The van der Waals surface area contributed by atoms with Gasteiger partial charge in [0.25, 0.3) is 0 Å². The third kappa shape index (κ3) is 3.91. The summed E-state index contributed by atoms with van der Waals surface area (Å²) in [6.07, 6.45) is 7.16. The monoisotopic (exact) mass is 372 g/mol. The molecule has 0 radical (unpaired) electrons. The summed E-state index contributed by atoms with van der Waals surface area (Å²) in [5.41, 5.74) is 2.31. The van der Waals surface area contributed by atoms with Gasteiger partial charge in [-0.25, -0.2) is 0 Å². The Morgan fingerprint density at radius 3 is 2.69 bits per heavy atom. The van der Waals surface area contributed by atoms with Crippen molar-refractivity contribution >= 4 is 17.3 Å². The molecule has 5 nitrogen and oxygen atoms in total. The first-order valence-corrected chi connectivity index (χ1v) is 9.48. The van der Waals surface area contributed by atoms with Crippen LogP contribution in [0.25, 0.3) is 0 Å². The van der Waals surface area contributed by atoms with Crippen molar-refractivity contribution in [1.82, 2.24) is 19.8 Å². The van der Waals surface area contributed by atoms with Crippen molar-refractivity contribution in [2.24, 2.45) is 0 Å². The van der Waals surface area contributed by atoms with E-state index >= 15 is 0 Å². The molecule has 0 unspecified atom stereocenters. The zero-order valence-corrected chi connectivity index (χ0v) is 16.8. The van der Waals surface area contributed by atoms with Crippen molar-refractivity contribution in [1.29, 1.82) is 0 Å². The van der Waals surface area contributed by atoms with E-state index in [4.69, 9.17) is 17.0 Å².